The van der Waals surface area contributed by atoms with Crippen LogP contribution < -0.4 is 5.32 Å². The predicted octanol–water partition coefficient (Wildman–Crippen LogP) is 2.11. The van der Waals surface area contributed by atoms with Crippen molar-refractivity contribution >= 4 is 33.4 Å². The number of nitrogens with zero attached hydrogens (tertiary/aromatic N) is 2. The Bertz CT molecular complexity index is 740. The maximum Gasteiger partial charge on any atom is 0.329 e. The van der Waals surface area contributed by atoms with E-state index in [9.17, 15) is 9.59 Å². The molecular formula is C14H17N3O3S. The van der Waals surface area contributed by atoms with Gasteiger partial charge in [-0.25, -0.2) is 4.79 Å². The summed E-state index contributed by atoms with van der Waals surface area (Å²) in [7, 11) is 1.85. The summed E-state index contributed by atoms with van der Waals surface area (Å²) in [6.07, 6.45) is 0.996. The van der Waals surface area contributed by atoms with Gasteiger partial charge >= 0.3 is 5.97 Å². The highest BCUT2D eigenvalue weighted by Gasteiger charge is 2.51. The third kappa shape index (κ3) is 2.21. The van der Waals surface area contributed by atoms with Crippen LogP contribution in [0.25, 0.3) is 10.2 Å². The summed E-state index contributed by atoms with van der Waals surface area (Å²) >= 11 is 1.35. The lowest BCUT2D eigenvalue weighted by Crippen LogP contribution is -2.42. The predicted molar refractivity (Wildman–Crippen MR) is 79.7 cm³/mol. The number of carboxylic acids is 1. The molecular weight excluding hydrogens is 290 g/mol. The number of aliphatic carboxylic acids is 1. The molecule has 1 fully saturated rings. The Morgan fingerprint density at radius 2 is 2.14 bits per heavy atom. The molecule has 0 radical (unpaired) electrons. The van der Waals surface area contributed by atoms with Gasteiger partial charge in [-0.15, -0.1) is 11.3 Å². The van der Waals surface area contributed by atoms with Crippen molar-refractivity contribution in [3.63, 3.8) is 0 Å². The van der Waals surface area contributed by atoms with E-state index >= 15 is 0 Å². The Balaban J connectivity index is 1.93. The fourth-order valence-corrected chi connectivity index (χ4v) is 3.38. The maximum absolute atomic E-state index is 12.3. The first-order valence-electron chi connectivity index (χ1n) is 6.86. The van der Waals surface area contributed by atoms with Crippen LogP contribution in [0.3, 0.4) is 0 Å². The minimum atomic E-state index is -1.05. The average molecular weight is 307 g/mol. The molecule has 0 aromatic carbocycles. The zero-order valence-corrected chi connectivity index (χ0v) is 13.0. The molecule has 112 valence electrons. The number of carbonyl (C=O) groups is 2. The molecule has 2 heterocycles. The summed E-state index contributed by atoms with van der Waals surface area (Å²) in [5.74, 6) is -1.000. The Morgan fingerprint density at radius 1 is 1.48 bits per heavy atom. The van der Waals surface area contributed by atoms with Gasteiger partial charge in [-0.3, -0.25) is 9.48 Å². The number of hydrogen-bond donors (Lipinski definition) is 2. The molecule has 0 saturated heterocycles. The lowest BCUT2D eigenvalue weighted by atomic mass is 10.1. The van der Waals surface area contributed by atoms with Crippen LogP contribution in [0, 0.1) is 0 Å². The Morgan fingerprint density at radius 3 is 2.67 bits per heavy atom. The van der Waals surface area contributed by atoms with Gasteiger partial charge in [0, 0.05) is 12.4 Å². The van der Waals surface area contributed by atoms with Crippen LogP contribution in [-0.4, -0.2) is 32.3 Å². The Labute approximate surface area is 125 Å². The fraction of sp³-hybridized carbons (Fsp3) is 0.500. The van der Waals surface area contributed by atoms with Crippen molar-refractivity contribution in [1.29, 1.82) is 0 Å². The quantitative estimate of drug-likeness (QED) is 0.906. The van der Waals surface area contributed by atoms with E-state index in [1.54, 1.807) is 4.68 Å². The number of aryl methyl sites for hydroxylation is 1. The molecule has 0 unspecified atom stereocenters. The zero-order chi connectivity index (χ0) is 15.4. The molecule has 1 saturated carbocycles. The number of carbonyl (C=O) groups excluding carboxylic acids is 1. The Hall–Kier alpha value is -1.89. The molecule has 0 bridgehead atoms. The number of amides is 1. The second-order valence-electron chi connectivity index (χ2n) is 5.83. The van der Waals surface area contributed by atoms with Gasteiger partial charge in [0.15, 0.2) is 0 Å². The third-order valence-corrected chi connectivity index (χ3v) is 5.02. The number of thiophene rings is 1. The van der Waals surface area contributed by atoms with Gasteiger partial charge in [0.25, 0.3) is 5.91 Å². The van der Waals surface area contributed by atoms with Crippen LogP contribution in [0.2, 0.25) is 0 Å². The van der Waals surface area contributed by atoms with Crippen molar-refractivity contribution in [2.24, 2.45) is 7.05 Å². The summed E-state index contributed by atoms with van der Waals surface area (Å²) < 4.78 is 1.77. The van der Waals surface area contributed by atoms with E-state index in [-0.39, 0.29) is 11.8 Å². The minimum absolute atomic E-state index is 0.271. The Kier molecular flexibility index (Phi) is 3.05. The second-order valence-corrected chi connectivity index (χ2v) is 6.87. The standard InChI is InChI=1S/C14H17N3O3S/c1-7(2)10-8-6-9(21-12(8)17(3)16-10)11(18)15-14(4-5-14)13(19)20/h6-7H,4-5H2,1-3H3,(H,15,18)(H,19,20). The van der Waals surface area contributed by atoms with Crippen molar-refractivity contribution in [3.05, 3.63) is 16.6 Å². The summed E-state index contributed by atoms with van der Waals surface area (Å²) in [6.45, 7) is 4.12. The molecule has 1 aliphatic rings. The van der Waals surface area contributed by atoms with E-state index in [0.717, 1.165) is 15.9 Å². The first-order chi connectivity index (χ1) is 9.84. The highest BCUT2D eigenvalue weighted by molar-refractivity contribution is 7.20. The SMILES string of the molecule is CC(C)c1nn(C)c2sc(C(=O)NC3(C(=O)O)CC3)cc12. The summed E-state index contributed by atoms with van der Waals surface area (Å²) in [4.78, 5) is 24.9. The van der Waals surface area contributed by atoms with E-state index in [1.807, 2.05) is 13.1 Å². The topological polar surface area (TPSA) is 84.2 Å². The monoisotopic (exact) mass is 307 g/mol. The molecule has 21 heavy (non-hydrogen) atoms. The van der Waals surface area contributed by atoms with Gasteiger partial charge in [-0.2, -0.15) is 5.10 Å². The molecule has 7 heteroatoms. The van der Waals surface area contributed by atoms with Gasteiger partial charge in [0.05, 0.1) is 10.6 Å². The fourth-order valence-electron chi connectivity index (χ4n) is 2.40. The number of rotatable bonds is 4. The van der Waals surface area contributed by atoms with E-state index in [0.29, 0.717) is 17.7 Å². The van der Waals surface area contributed by atoms with Crippen LogP contribution in [0.1, 0.15) is 48.0 Å². The van der Waals surface area contributed by atoms with Crippen molar-refractivity contribution in [3.8, 4) is 0 Å². The van der Waals surface area contributed by atoms with Crippen molar-refractivity contribution < 1.29 is 14.7 Å². The lowest BCUT2D eigenvalue weighted by Gasteiger charge is -2.10. The molecule has 1 aliphatic carbocycles. The second kappa shape index (κ2) is 4.56. The van der Waals surface area contributed by atoms with Gasteiger partial charge in [-0.1, -0.05) is 13.8 Å². The number of nitrogens with one attached hydrogen (secondary N) is 1. The molecule has 6 nitrogen and oxygen atoms in total. The van der Waals surface area contributed by atoms with Gasteiger partial charge in [-0.05, 0) is 24.8 Å². The number of carboxylic acid groups (broad SMARTS) is 1. The van der Waals surface area contributed by atoms with E-state index in [2.05, 4.69) is 24.3 Å². The third-order valence-electron chi connectivity index (χ3n) is 3.82. The molecule has 3 rings (SSSR count). The number of hydrogen-bond acceptors (Lipinski definition) is 4. The molecule has 0 aliphatic heterocycles. The maximum atomic E-state index is 12.3. The average Bonchev–Trinajstić information content (AvgIpc) is 2.94. The molecule has 2 aromatic rings. The van der Waals surface area contributed by atoms with Crippen LogP contribution in [-0.2, 0) is 11.8 Å². The lowest BCUT2D eigenvalue weighted by molar-refractivity contribution is -0.140. The minimum Gasteiger partial charge on any atom is -0.480 e. The highest BCUT2D eigenvalue weighted by Crippen LogP contribution is 2.37. The summed E-state index contributed by atoms with van der Waals surface area (Å²) in [5.41, 5.74) is -0.0889. The molecule has 0 atom stereocenters. The van der Waals surface area contributed by atoms with Crippen LogP contribution >= 0.6 is 11.3 Å². The summed E-state index contributed by atoms with van der Waals surface area (Å²) in [5, 5.41) is 17.2. The first-order valence-corrected chi connectivity index (χ1v) is 7.68. The van der Waals surface area contributed by atoms with Crippen molar-refractivity contribution in [2.45, 2.75) is 38.1 Å². The van der Waals surface area contributed by atoms with Crippen LogP contribution in [0.5, 0.6) is 0 Å². The smallest absolute Gasteiger partial charge is 0.329 e. The number of fused-ring (bicyclic) bond motifs is 1. The van der Waals surface area contributed by atoms with Crippen molar-refractivity contribution in [1.82, 2.24) is 15.1 Å². The molecule has 2 aromatic heterocycles. The molecule has 1 amide bonds. The van der Waals surface area contributed by atoms with E-state index in [4.69, 9.17) is 5.11 Å². The summed E-state index contributed by atoms with van der Waals surface area (Å²) in [6, 6.07) is 1.82. The van der Waals surface area contributed by atoms with E-state index < -0.39 is 11.5 Å². The zero-order valence-electron chi connectivity index (χ0n) is 12.1. The molecule has 2 N–H and O–H groups in total. The first kappa shape index (κ1) is 14.1. The molecule has 0 spiro atoms. The van der Waals surface area contributed by atoms with Crippen LogP contribution in [0.4, 0.5) is 0 Å². The number of aromatic nitrogens is 2. The van der Waals surface area contributed by atoms with Gasteiger partial charge in [0.1, 0.15) is 10.4 Å². The van der Waals surface area contributed by atoms with E-state index in [1.165, 1.54) is 11.3 Å². The van der Waals surface area contributed by atoms with Crippen molar-refractivity contribution in [2.75, 3.05) is 0 Å². The van der Waals surface area contributed by atoms with Gasteiger partial charge < -0.3 is 10.4 Å². The normalized spacial score (nSPS) is 16.4. The van der Waals surface area contributed by atoms with Gasteiger partial charge in [0.2, 0.25) is 0 Å². The van der Waals surface area contributed by atoms with Crippen LogP contribution in [0.15, 0.2) is 6.07 Å². The largest absolute Gasteiger partial charge is 0.480 e. The highest BCUT2D eigenvalue weighted by atomic mass is 32.1.